The molecule has 2 heteroatoms. The molecule has 0 bridgehead atoms. The molecular formula is C12H23NO. The van der Waals surface area contributed by atoms with Crippen molar-refractivity contribution in [2.45, 2.75) is 39.2 Å². The summed E-state index contributed by atoms with van der Waals surface area (Å²) >= 11 is 0. The molecule has 1 atom stereocenters. The van der Waals surface area contributed by atoms with Crippen LogP contribution in [0.1, 0.15) is 33.1 Å². The van der Waals surface area contributed by atoms with Crippen LogP contribution >= 0.6 is 0 Å². The lowest BCUT2D eigenvalue weighted by Crippen LogP contribution is -2.37. The highest BCUT2D eigenvalue weighted by Gasteiger charge is 2.19. The van der Waals surface area contributed by atoms with Crippen molar-refractivity contribution >= 4 is 0 Å². The Kier molecular flexibility index (Phi) is 5.88. The summed E-state index contributed by atoms with van der Waals surface area (Å²) in [5.41, 5.74) is 0. The number of rotatable bonds is 5. The molecule has 82 valence electrons. The van der Waals surface area contributed by atoms with Crippen molar-refractivity contribution < 1.29 is 4.74 Å². The van der Waals surface area contributed by atoms with Crippen molar-refractivity contribution in [1.29, 1.82) is 0 Å². The van der Waals surface area contributed by atoms with Crippen molar-refractivity contribution in [2.75, 3.05) is 19.8 Å². The van der Waals surface area contributed by atoms with Crippen molar-refractivity contribution in [3.05, 3.63) is 12.2 Å². The van der Waals surface area contributed by atoms with Gasteiger partial charge in [0.05, 0.1) is 0 Å². The van der Waals surface area contributed by atoms with E-state index in [0.717, 1.165) is 32.1 Å². The zero-order chi connectivity index (χ0) is 10.2. The fraction of sp³-hybridized carbons (Fsp3) is 0.833. The third kappa shape index (κ3) is 4.25. The highest BCUT2D eigenvalue weighted by atomic mass is 16.5. The van der Waals surface area contributed by atoms with E-state index in [-0.39, 0.29) is 0 Å². The molecular weight excluding hydrogens is 174 g/mol. The third-order valence-electron chi connectivity index (χ3n) is 2.99. The van der Waals surface area contributed by atoms with Gasteiger partial charge in [-0.1, -0.05) is 12.2 Å². The molecule has 1 aliphatic heterocycles. The summed E-state index contributed by atoms with van der Waals surface area (Å²) in [6.45, 7) is 7.37. The Morgan fingerprint density at radius 3 is 2.79 bits per heavy atom. The van der Waals surface area contributed by atoms with Crippen LogP contribution in [0.3, 0.4) is 0 Å². The lowest BCUT2D eigenvalue weighted by atomic mass is 9.93. The van der Waals surface area contributed by atoms with Crippen LogP contribution in [-0.2, 0) is 4.74 Å². The average Bonchev–Trinajstić information content (AvgIpc) is 2.25. The van der Waals surface area contributed by atoms with Crippen LogP contribution in [0.25, 0.3) is 0 Å². The number of hydrogen-bond donors (Lipinski definition) is 1. The molecule has 2 nitrogen and oxygen atoms in total. The lowest BCUT2D eigenvalue weighted by molar-refractivity contribution is 0.0561. The first-order valence-electron chi connectivity index (χ1n) is 5.77. The summed E-state index contributed by atoms with van der Waals surface area (Å²) in [7, 11) is 0. The van der Waals surface area contributed by atoms with E-state index in [1.54, 1.807) is 0 Å². The maximum absolute atomic E-state index is 5.35. The molecule has 1 rings (SSSR count). The summed E-state index contributed by atoms with van der Waals surface area (Å²) in [6, 6.07) is 0.643. The molecule has 0 spiro atoms. The summed E-state index contributed by atoms with van der Waals surface area (Å²) in [6.07, 6.45) is 7.91. The predicted molar refractivity (Wildman–Crippen MR) is 60.4 cm³/mol. The molecule has 1 heterocycles. The van der Waals surface area contributed by atoms with E-state index in [0.29, 0.717) is 6.04 Å². The highest BCUT2D eigenvalue weighted by molar-refractivity contribution is 4.80. The van der Waals surface area contributed by atoms with Gasteiger partial charge in [-0.05, 0) is 45.6 Å². The molecule has 1 N–H and O–H groups in total. The first kappa shape index (κ1) is 11.7. The van der Waals surface area contributed by atoms with Crippen LogP contribution < -0.4 is 5.32 Å². The van der Waals surface area contributed by atoms with Gasteiger partial charge >= 0.3 is 0 Å². The van der Waals surface area contributed by atoms with Crippen LogP contribution in [0.2, 0.25) is 0 Å². The van der Waals surface area contributed by atoms with E-state index >= 15 is 0 Å². The summed E-state index contributed by atoms with van der Waals surface area (Å²) in [5.74, 6) is 0.814. The summed E-state index contributed by atoms with van der Waals surface area (Å²) in [4.78, 5) is 0. The first-order chi connectivity index (χ1) is 6.84. The quantitative estimate of drug-likeness (QED) is 0.539. The molecule has 0 radical (unpaired) electrons. The van der Waals surface area contributed by atoms with Crippen molar-refractivity contribution in [1.82, 2.24) is 5.32 Å². The summed E-state index contributed by atoms with van der Waals surface area (Å²) < 4.78 is 5.35. The average molecular weight is 197 g/mol. The van der Waals surface area contributed by atoms with Crippen molar-refractivity contribution in [2.24, 2.45) is 5.92 Å². The molecule has 14 heavy (non-hydrogen) atoms. The van der Waals surface area contributed by atoms with Gasteiger partial charge in [0.15, 0.2) is 0 Å². The number of ether oxygens (including phenoxy) is 1. The fourth-order valence-electron chi connectivity index (χ4n) is 1.94. The van der Waals surface area contributed by atoms with Gasteiger partial charge in [0, 0.05) is 19.3 Å². The zero-order valence-electron chi connectivity index (χ0n) is 9.46. The zero-order valence-corrected chi connectivity index (χ0v) is 9.46. The molecule has 0 amide bonds. The standard InChI is InChI=1S/C12H23NO/c1-3-4-5-8-13-11(2)12-6-9-14-10-7-12/h3-4,11-13H,5-10H2,1-2H3/b4-3+. The predicted octanol–water partition coefficient (Wildman–Crippen LogP) is 2.36. The maximum atomic E-state index is 5.35. The van der Waals surface area contributed by atoms with E-state index in [9.17, 15) is 0 Å². The second-order valence-corrected chi connectivity index (χ2v) is 4.05. The minimum atomic E-state index is 0.643. The van der Waals surface area contributed by atoms with E-state index in [4.69, 9.17) is 4.74 Å². The van der Waals surface area contributed by atoms with Crippen LogP contribution in [0.15, 0.2) is 12.2 Å². The largest absolute Gasteiger partial charge is 0.381 e. The van der Waals surface area contributed by atoms with Crippen LogP contribution in [0.4, 0.5) is 0 Å². The molecule has 0 aromatic heterocycles. The van der Waals surface area contributed by atoms with Gasteiger partial charge in [-0.15, -0.1) is 0 Å². The SMILES string of the molecule is C/C=C/CCNC(C)C1CCOCC1. The molecule has 1 fully saturated rings. The van der Waals surface area contributed by atoms with E-state index < -0.39 is 0 Å². The Hall–Kier alpha value is -0.340. The number of allylic oxidation sites excluding steroid dienone is 1. The van der Waals surface area contributed by atoms with Gasteiger partial charge in [0.2, 0.25) is 0 Å². The molecule has 1 unspecified atom stereocenters. The van der Waals surface area contributed by atoms with Gasteiger partial charge in [0.1, 0.15) is 0 Å². The minimum absolute atomic E-state index is 0.643. The van der Waals surface area contributed by atoms with Crippen LogP contribution in [-0.4, -0.2) is 25.8 Å². The van der Waals surface area contributed by atoms with Gasteiger partial charge in [-0.25, -0.2) is 0 Å². The third-order valence-corrected chi connectivity index (χ3v) is 2.99. The van der Waals surface area contributed by atoms with E-state index in [2.05, 4.69) is 31.3 Å². The molecule has 0 aromatic carbocycles. The topological polar surface area (TPSA) is 21.3 Å². The Labute approximate surface area is 87.7 Å². The molecule has 1 aliphatic rings. The van der Waals surface area contributed by atoms with E-state index in [1.165, 1.54) is 12.8 Å². The monoisotopic (exact) mass is 197 g/mol. The number of nitrogens with one attached hydrogen (secondary N) is 1. The maximum Gasteiger partial charge on any atom is 0.0469 e. The van der Waals surface area contributed by atoms with Crippen LogP contribution in [0, 0.1) is 5.92 Å². The smallest absolute Gasteiger partial charge is 0.0469 e. The van der Waals surface area contributed by atoms with Crippen molar-refractivity contribution in [3.63, 3.8) is 0 Å². The van der Waals surface area contributed by atoms with Crippen LogP contribution in [0.5, 0.6) is 0 Å². The van der Waals surface area contributed by atoms with Gasteiger partial charge in [-0.3, -0.25) is 0 Å². The van der Waals surface area contributed by atoms with Gasteiger partial charge in [-0.2, -0.15) is 0 Å². The fourth-order valence-corrected chi connectivity index (χ4v) is 1.94. The van der Waals surface area contributed by atoms with Crippen molar-refractivity contribution in [3.8, 4) is 0 Å². The second kappa shape index (κ2) is 7.02. The number of hydrogen-bond acceptors (Lipinski definition) is 2. The normalized spacial score (nSPS) is 21.6. The van der Waals surface area contributed by atoms with Gasteiger partial charge < -0.3 is 10.1 Å². The Morgan fingerprint density at radius 2 is 2.14 bits per heavy atom. The highest BCUT2D eigenvalue weighted by Crippen LogP contribution is 2.18. The summed E-state index contributed by atoms with van der Waals surface area (Å²) in [5, 5.41) is 3.58. The van der Waals surface area contributed by atoms with Gasteiger partial charge in [0.25, 0.3) is 0 Å². The molecule has 0 aromatic rings. The molecule has 1 saturated heterocycles. The lowest BCUT2D eigenvalue weighted by Gasteiger charge is -2.28. The van der Waals surface area contributed by atoms with E-state index in [1.807, 2.05) is 0 Å². The molecule has 0 saturated carbocycles. The Bertz CT molecular complexity index is 162. The minimum Gasteiger partial charge on any atom is -0.381 e. The second-order valence-electron chi connectivity index (χ2n) is 4.05. The molecule has 0 aliphatic carbocycles. The Balaban J connectivity index is 2.10. The first-order valence-corrected chi connectivity index (χ1v) is 5.77. The Morgan fingerprint density at radius 1 is 1.43 bits per heavy atom.